The number of nitrogens with zero attached hydrogens (tertiary/aromatic N) is 3. The lowest BCUT2D eigenvalue weighted by atomic mass is 9.82. The highest BCUT2D eigenvalue weighted by Gasteiger charge is 2.40. The maximum atomic E-state index is 12.9. The molecular weight excluding hydrogens is 550 g/mol. The molecule has 0 saturated heterocycles. The molecule has 0 bridgehead atoms. The lowest BCUT2D eigenvalue weighted by Crippen LogP contribution is -2.36. The molecule has 1 amide bonds. The summed E-state index contributed by atoms with van der Waals surface area (Å²) in [6.45, 7) is 0.528. The highest BCUT2D eigenvalue weighted by atomic mass is 35.5. The number of aliphatic hydroxyl groups is 1. The van der Waals surface area contributed by atoms with E-state index in [0.717, 1.165) is 22.0 Å². The zero-order chi connectivity index (χ0) is 29.4. The number of pyridine rings is 2. The van der Waals surface area contributed by atoms with Crippen LogP contribution < -0.4 is 16.2 Å². The molecule has 3 aromatic carbocycles. The minimum absolute atomic E-state index is 0.149. The van der Waals surface area contributed by atoms with Gasteiger partial charge in [0.15, 0.2) is 5.60 Å². The molecule has 0 fully saturated rings. The second-order valence-electron chi connectivity index (χ2n) is 10.3. The first kappa shape index (κ1) is 27.3. The zero-order valence-corrected chi connectivity index (χ0v) is 23.8. The average molecular weight is 578 g/mol. The summed E-state index contributed by atoms with van der Waals surface area (Å²) < 4.78 is 1.59. The van der Waals surface area contributed by atoms with E-state index in [9.17, 15) is 14.7 Å². The number of aryl methyl sites for hydroxylation is 1. The van der Waals surface area contributed by atoms with E-state index in [4.69, 9.17) is 11.6 Å². The van der Waals surface area contributed by atoms with Crippen LogP contribution in [0.2, 0.25) is 5.02 Å². The van der Waals surface area contributed by atoms with E-state index >= 15 is 0 Å². The molecule has 210 valence electrons. The fourth-order valence-electron chi connectivity index (χ4n) is 5.40. The van der Waals surface area contributed by atoms with E-state index in [1.54, 1.807) is 78.7 Å². The standard InChI is InChI=1S/C33H28ClN5O3/c1-38-20-36-19-30(38)33(42,23-8-6-21(7-9-23)32(41)37-26-12-14-35-15-13-26)24-10-11-29-28(17-24)27(18-31(40)39(29)2)22-4-3-5-25(34)16-22/h3-19,36,42H,20H2,1-2H3,(H,35,37,41). The van der Waals surface area contributed by atoms with Gasteiger partial charge in [-0.3, -0.25) is 14.6 Å². The zero-order valence-electron chi connectivity index (χ0n) is 23.0. The van der Waals surface area contributed by atoms with Crippen molar-refractivity contribution in [3.8, 4) is 11.1 Å². The summed E-state index contributed by atoms with van der Waals surface area (Å²) in [6, 6.07) is 24.9. The Morgan fingerprint density at radius 1 is 0.976 bits per heavy atom. The Balaban J connectivity index is 1.48. The van der Waals surface area contributed by atoms with E-state index in [1.165, 1.54) is 0 Å². The maximum absolute atomic E-state index is 12.9. The van der Waals surface area contributed by atoms with Crippen LogP contribution in [-0.4, -0.2) is 39.2 Å². The predicted molar refractivity (Wildman–Crippen MR) is 165 cm³/mol. The number of carbonyl (C=O) groups excluding carboxylic acids is 1. The van der Waals surface area contributed by atoms with Crippen LogP contribution in [0, 0.1) is 0 Å². The summed E-state index contributed by atoms with van der Waals surface area (Å²) in [5.74, 6) is -0.270. The monoisotopic (exact) mass is 577 g/mol. The van der Waals surface area contributed by atoms with Crippen molar-refractivity contribution < 1.29 is 9.90 Å². The average Bonchev–Trinajstić information content (AvgIpc) is 3.45. The molecule has 0 radical (unpaired) electrons. The van der Waals surface area contributed by atoms with Gasteiger partial charge in [0.05, 0.1) is 17.9 Å². The first-order valence-corrected chi connectivity index (χ1v) is 13.7. The Morgan fingerprint density at radius 2 is 1.71 bits per heavy atom. The molecule has 2 aromatic heterocycles. The minimum Gasteiger partial charge on any atom is -0.374 e. The normalized spacial score (nSPS) is 14.3. The fraction of sp³-hybridized carbons (Fsp3) is 0.121. The molecule has 1 aliphatic rings. The Labute approximate surface area is 247 Å². The molecule has 0 spiro atoms. The Morgan fingerprint density at radius 3 is 2.40 bits per heavy atom. The fourth-order valence-corrected chi connectivity index (χ4v) is 5.59. The highest BCUT2D eigenvalue weighted by molar-refractivity contribution is 6.30. The third-order valence-corrected chi connectivity index (χ3v) is 7.89. The topological polar surface area (TPSA) is 99.5 Å². The van der Waals surface area contributed by atoms with Crippen LogP contribution in [0.5, 0.6) is 0 Å². The summed E-state index contributed by atoms with van der Waals surface area (Å²) >= 11 is 6.31. The molecule has 42 heavy (non-hydrogen) atoms. The molecule has 0 aliphatic carbocycles. The van der Waals surface area contributed by atoms with Crippen molar-refractivity contribution in [3.63, 3.8) is 0 Å². The SMILES string of the molecule is CN1CNC=C1C(O)(c1ccc(C(=O)Nc2ccncc2)cc1)c1ccc2c(c1)c(-c1cccc(Cl)c1)cc(=O)n2C. The molecule has 3 heterocycles. The van der Waals surface area contributed by atoms with Gasteiger partial charge in [-0.25, -0.2) is 0 Å². The van der Waals surface area contributed by atoms with Crippen molar-refractivity contribution in [2.24, 2.45) is 7.05 Å². The number of halogens is 1. The van der Waals surface area contributed by atoms with E-state index < -0.39 is 5.60 Å². The Hall–Kier alpha value is -4.92. The van der Waals surface area contributed by atoms with Gasteiger partial charge in [-0.2, -0.15) is 0 Å². The first-order chi connectivity index (χ1) is 20.3. The molecule has 3 N–H and O–H groups in total. The smallest absolute Gasteiger partial charge is 0.255 e. The van der Waals surface area contributed by atoms with Gasteiger partial charge in [-0.05, 0) is 70.8 Å². The predicted octanol–water partition coefficient (Wildman–Crippen LogP) is 5.08. The molecule has 0 saturated carbocycles. The summed E-state index contributed by atoms with van der Waals surface area (Å²) in [4.78, 5) is 31.7. The van der Waals surface area contributed by atoms with E-state index in [1.807, 2.05) is 48.3 Å². The van der Waals surface area contributed by atoms with E-state index in [-0.39, 0.29) is 11.5 Å². The highest BCUT2D eigenvalue weighted by Crippen LogP contribution is 2.41. The lowest BCUT2D eigenvalue weighted by Gasteiger charge is -2.34. The number of nitrogens with one attached hydrogen (secondary N) is 2. The van der Waals surface area contributed by atoms with Gasteiger partial charge in [0.1, 0.15) is 0 Å². The lowest BCUT2D eigenvalue weighted by molar-refractivity contribution is 0.0929. The van der Waals surface area contributed by atoms with Gasteiger partial charge in [-0.1, -0.05) is 41.9 Å². The molecule has 1 aliphatic heterocycles. The number of carbonyl (C=O) groups is 1. The summed E-state index contributed by atoms with van der Waals surface area (Å²) in [6.07, 6.45) is 5.02. The molecule has 5 aromatic rings. The number of aromatic nitrogens is 2. The first-order valence-electron chi connectivity index (χ1n) is 13.4. The van der Waals surface area contributed by atoms with Crippen LogP contribution in [0.3, 0.4) is 0 Å². The molecule has 1 atom stereocenters. The summed E-state index contributed by atoms with van der Waals surface area (Å²) in [5.41, 5.74) is 3.43. The number of likely N-dealkylation sites (N-methyl/N-ethyl adjacent to an activating group) is 1. The van der Waals surface area contributed by atoms with Gasteiger partial charge in [0, 0.05) is 60.4 Å². The van der Waals surface area contributed by atoms with Crippen molar-refractivity contribution in [1.29, 1.82) is 0 Å². The number of hydrogen-bond donors (Lipinski definition) is 3. The van der Waals surface area contributed by atoms with Crippen LogP contribution in [0.25, 0.3) is 22.0 Å². The number of fused-ring (bicyclic) bond motifs is 1. The summed E-state index contributed by atoms with van der Waals surface area (Å²) in [5, 5.41) is 20.0. The van der Waals surface area contributed by atoms with Crippen LogP contribution in [0.15, 0.2) is 114 Å². The van der Waals surface area contributed by atoms with Gasteiger partial charge in [-0.15, -0.1) is 0 Å². The third-order valence-electron chi connectivity index (χ3n) is 7.65. The number of benzene rings is 3. The van der Waals surface area contributed by atoms with Crippen LogP contribution in [-0.2, 0) is 12.6 Å². The molecule has 6 rings (SSSR count). The number of rotatable bonds is 6. The Kier molecular flexibility index (Phi) is 7.02. The third kappa shape index (κ3) is 4.81. The van der Waals surface area contributed by atoms with Gasteiger partial charge in [0.25, 0.3) is 11.5 Å². The van der Waals surface area contributed by atoms with Crippen LogP contribution in [0.4, 0.5) is 5.69 Å². The largest absolute Gasteiger partial charge is 0.374 e. The number of amides is 1. The quantitative estimate of drug-likeness (QED) is 0.260. The van der Waals surface area contributed by atoms with Gasteiger partial charge in [0.2, 0.25) is 0 Å². The van der Waals surface area contributed by atoms with Crippen molar-refractivity contribution in [2.75, 3.05) is 19.0 Å². The van der Waals surface area contributed by atoms with Crippen LogP contribution >= 0.6 is 11.6 Å². The molecular formula is C33H28ClN5O3. The summed E-state index contributed by atoms with van der Waals surface area (Å²) in [7, 11) is 3.63. The van der Waals surface area contributed by atoms with Gasteiger partial charge < -0.3 is 25.2 Å². The molecule has 9 heteroatoms. The second kappa shape index (κ2) is 10.8. The minimum atomic E-state index is -1.58. The van der Waals surface area contributed by atoms with Crippen molar-refractivity contribution >= 4 is 34.1 Å². The molecule has 1 unspecified atom stereocenters. The van der Waals surface area contributed by atoms with E-state index in [0.29, 0.717) is 39.8 Å². The van der Waals surface area contributed by atoms with Crippen molar-refractivity contribution in [1.82, 2.24) is 19.8 Å². The maximum Gasteiger partial charge on any atom is 0.255 e. The van der Waals surface area contributed by atoms with Crippen molar-refractivity contribution in [3.05, 3.63) is 141 Å². The Bertz CT molecular complexity index is 1900. The molecule has 8 nitrogen and oxygen atoms in total. The van der Waals surface area contributed by atoms with Gasteiger partial charge >= 0.3 is 0 Å². The van der Waals surface area contributed by atoms with E-state index in [2.05, 4.69) is 15.6 Å². The number of anilines is 1. The number of hydrogen-bond acceptors (Lipinski definition) is 6. The van der Waals surface area contributed by atoms with Crippen molar-refractivity contribution in [2.45, 2.75) is 5.60 Å². The second-order valence-corrected chi connectivity index (χ2v) is 10.7. The van der Waals surface area contributed by atoms with Crippen LogP contribution in [0.1, 0.15) is 21.5 Å².